The van der Waals surface area contributed by atoms with Crippen LogP contribution in [0.5, 0.6) is 5.75 Å². The first kappa shape index (κ1) is 17.6. The normalized spacial score (nSPS) is 27.8. The summed E-state index contributed by atoms with van der Waals surface area (Å²) in [4.78, 5) is 25.8. The number of rotatable bonds is 2. The van der Waals surface area contributed by atoms with Gasteiger partial charge in [0.2, 0.25) is 0 Å². The van der Waals surface area contributed by atoms with Crippen LogP contribution in [-0.4, -0.2) is 40.7 Å². The van der Waals surface area contributed by atoms with Crippen molar-refractivity contribution in [2.45, 2.75) is 45.3 Å². The number of piperidine rings is 1. The molecular weight excluding hydrogens is 320 g/mol. The first-order valence-corrected chi connectivity index (χ1v) is 8.81. The molecule has 2 amide bonds. The highest BCUT2D eigenvalue weighted by atomic mass is 16.5. The van der Waals surface area contributed by atoms with Crippen LogP contribution in [0.3, 0.4) is 0 Å². The van der Waals surface area contributed by atoms with Crippen LogP contribution in [0.2, 0.25) is 0 Å². The number of fused-ring (bicyclic) bond motifs is 1. The van der Waals surface area contributed by atoms with Gasteiger partial charge >= 0.3 is 12.0 Å². The molecular formula is C19H26N2O4. The smallest absolute Gasteiger partial charge is 0.317 e. The summed E-state index contributed by atoms with van der Waals surface area (Å²) < 4.78 is 6.00. The number of carbonyl (C=O) groups excluding carboxylic acids is 1. The van der Waals surface area contributed by atoms with Gasteiger partial charge in [-0.1, -0.05) is 25.1 Å². The molecule has 2 N–H and O–H groups in total. The maximum absolute atomic E-state index is 12.8. The van der Waals surface area contributed by atoms with E-state index in [1.807, 2.05) is 45.0 Å². The number of nitrogens with zero attached hydrogens (tertiary/aromatic N) is 1. The highest BCUT2D eigenvalue weighted by Crippen LogP contribution is 2.39. The van der Waals surface area contributed by atoms with Crippen molar-refractivity contribution in [1.29, 1.82) is 0 Å². The number of hydrogen-bond acceptors (Lipinski definition) is 3. The van der Waals surface area contributed by atoms with E-state index < -0.39 is 11.9 Å². The van der Waals surface area contributed by atoms with Gasteiger partial charge in [-0.05, 0) is 32.3 Å². The molecule has 136 valence electrons. The lowest BCUT2D eigenvalue weighted by Crippen LogP contribution is -2.51. The number of nitrogens with one attached hydrogen (secondary N) is 1. The minimum Gasteiger partial charge on any atom is -0.487 e. The van der Waals surface area contributed by atoms with Gasteiger partial charge < -0.3 is 20.1 Å². The number of benzene rings is 1. The lowest BCUT2D eigenvalue weighted by atomic mass is 9.89. The van der Waals surface area contributed by atoms with E-state index in [2.05, 4.69) is 5.32 Å². The number of amides is 2. The van der Waals surface area contributed by atoms with Gasteiger partial charge in [-0.15, -0.1) is 0 Å². The van der Waals surface area contributed by atoms with E-state index in [4.69, 9.17) is 4.74 Å². The fourth-order valence-electron chi connectivity index (χ4n) is 3.87. The third-order valence-electron chi connectivity index (χ3n) is 4.97. The van der Waals surface area contributed by atoms with Crippen molar-refractivity contribution in [2.75, 3.05) is 13.1 Å². The van der Waals surface area contributed by atoms with Gasteiger partial charge in [0.25, 0.3) is 0 Å². The zero-order valence-electron chi connectivity index (χ0n) is 15.0. The van der Waals surface area contributed by atoms with Crippen molar-refractivity contribution in [1.82, 2.24) is 10.2 Å². The van der Waals surface area contributed by atoms with Crippen LogP contribution in [0.4, 0.5) is 4.79 Å². The van der Waals surface area contributed by atoms with Gasteiger partial charge in [0.05, 0.1) is 12.0 Å². The van der Waals surface area contributed by atoms with Crippen molar-refractivity contribution in [2.24, 2.45) is 11.8 Å². The van der Waals surface area contributed by atoms with Gasteiger partial charge in [-0.25, -0.2) is 4.79 Å². The fraction of sp³-hybridized carbons (Fsp3) is 0.579. The molecule has 6 nitrogen and oxygen atoms in total. The Labute approximate surface area is 148 Å². The van der Waals surface area contributed by atoms with Crippen LogP contribution in [0.25, 0.3) is 0 Å². The van der Waals surface area contributed by atoms with Crippen LogP contribution < -0.4 is 10.1 Å². The number of carboxylic acid groups (broad SMARTS) is 1. The van der Waals surface area contributed by atoms with Gasteiger partial charge in [-0.3, -0.25) is 4.79 Å². The molecule has 1 saturated heterocycles. The van der Waals surface area contributed by atoms with Gasteiger partial charge in [-0.2, -0.15) is 0 Å². The van der Waals surface area contributed by atoms with Gasteiger partial charge in [0.1, 0.15) is 11.4 Å². The number of hydrogen-bond donors (Lipinski definition) is 2. The molecule has 0 bridgehead atoms. The number of urea groups is 1. The van der Waals surface area contributed by atoms with E-state index in [0.29, 0.717) is 19.4 Å². The highest BCUT2D eigenvalue weighted by molar-refractivity contribution is 5.77. The van der Waals surface area contributed by atoms with Crippen molar-refractivity contribution >= 4 is 12.0 Å². The average molecular weight is 346 g/mol. The Bertz CT molecular complexity index is 673. The number of likely N-dealkylation sites (tertiary alicyclic amines) is 1. The van der Waals surface area contributed by atoms with Gasteiger partial charge in [0.15, 0.2) is 0 Å². The second-order valence-corrected chi connectivity index (χ2v) is 7.89. The standard InChI is InChI=1S/C19H26N2O4/c1-12-8-13(17(22)23)11-21(10-12)18(24)20-15-9-19(2,3)25-16-7-5-4-6-14(15)16/h4-7,12-13,15H,8-11H2,1-3H3,(H,20,24)(H,22,23). The van der Waals surface area contributed by atoms with E-state index in [1.54, 1.807) is 4.90 Å². The van der Waals surface area contributed by atoms with E-state index in [-0.39, 0.29) is 30.1 Å². The summed E-state index contributed by atoms with van der Waals surface area (Å²) in [5.41, 5.74) is 0.598. The Balaban J connectivity index is 1.75. The Morgan fingerprint density at radius 1 is 1.28 bits per heavy atom. The van der Waals surface area contributed by atoms with Crippen LogP contribution in [0.1, 0.15) is 45.2 Å². The highest BCUT2D eigenvalue weighted by Gasteiger charge is 2.37. The molecule has 3 rings (SSSR count). The number of ether oxygens (including phenoxy) is 1. The maximum atomic E-state index is 12.8. The van der Waals surface area contributed by atoms with Crippen LogP contribution in [0.15, 0.2) is 24.3 Å². The summed E-state index contributed by atoms with van der Waals surface area (Å²) in [6.07, 6.45) is 1.29. The third kappa shape index (κ3) is 3.89. The lowest BCUT2D eigenvalue weighted by Gasteiger charge is -2.40. The molecule has 2 heterocycles. The molecule has 1 aromatic carbocycles. The zero-order valence-corrected chi connectivity index (χ0v) is 15.0. The van der Waals surface area contributed by atoms with Gasteiger partial charge in [0, 0.05) is 25.1 Å². The minimum atomic E-state index is -0.832. The third-order valence-corrected chi connectivity index (χ3v) is 4.97. The topological polar surface area (TPSA) is 78.9 Å². The molecule has 1 fully saturated rings. The Kier molecular flexibility index (Phi) is 4.62. The second-order valence-electron chi connectivity index (χ2n) is 7.89. The SMILES string of the molecule is CC1CC(C(=O)O)CN(C(=O)NC2CC(C)(C)Oc3ccccc32)C1. The quantitative estimate of drug-likeness (QED) is 0.863. The molecule has 0 aliphatic carbocycles. The van der Waals surface area contributed by atoms with Crippen molar-refractivity contribution in [3.8, 4) is 5.75 Å². The first-order chi connectivity index (χ1) is 11.7. The summed E-state index contributed by atoms with van der Waals surface area (Å²) >= 11 is 0. The van der Waals surface area contributed by atoms with E-state index in [0.717, 1.165) is 11.3 Å². The van der Waals surface area contributed by atoms with E-state index >= 15 is 0 Å². The lowest BCUT2D eigenvalue weighted by molar-refractivity contribution is -0.143. The van der Waals surface area contributed by atoms with Crippen LogP contribution in [0, 0.1) is 11.8 Å². The minimum absolute atomic E-state index is 0.145. The van der Waals surface area contributed by atoms with E-state index in [1.165, 1.54) is 0 Å². The predicted octanol–water partition coefficient (Wildman–Crippen LogP) is 3.04. The molecule has 1 aromatic rings. The summed E-state index contributed by atoms with van der Waals surface area (Å²) in [5, 5.41) is 12.4. The molecule has 0 aromatic heterocycles. The Morgan fingerprint density at radius 2 is 2.00 bits per heavy atom. The molecule has 25 heavy (non-hydrogen) atoms. The summed E-state index contributed by atoms with van der Waals surface area (Å²) in [7, 11) is 0. The molecule has 2 aliphatic rings. The first-order valence-electron chi connectivity index (χ1n) is 8.81. The van der Waals surface area contributed by atoms with Crippen LogP contribution in [-0.2, 0) is 4.79 Å². The number of aliphatic carboxylic acids is 1. The molecule has 3 atom stereocenters. The second kappa shape index (κ2) is 6.58. The fourth-order valence-corrected chi connectivity index (χ4v) is 3.87. The predicted molar refractivity (Wildman–Crippen MR) is 93.5 cm³/mol. The molecule has 3 unspecified atom stereocenters. The van der Waals surface area contributed by atoms with Crippen molar-refractivity contribution < 1.29 is 19.4 Å². The Hall–Kier alpha value is -2.24. The molecule has 2 aliphatic heterocycles. The van der Waals surface area contributed by atoms with Crippen LogP contribution >= 0.6 is 0 Å². The maximum Gasteiger partial charge on any atom is 0.317 e. The largest absolute Gasteiger partial charge is 0.487 e. The average Bonchev–Trinajstić information content (AvgIpc) is 2.53. The number of carbonyl (C=O) groups is 2. The van der Waals surface area contributed by atoms with Crippen molar-refractivity contribution in [3.05, 3.63) is 29.8 Å². The molecule has 0 saturated carbocycles. The summed E-state index contributed by atoms with van der Waals surface area (Å²) in [6.45, 7) is 6.85. The molecule has 6 heteroatoms. The van der Waals surface area contributed by atoms with E-state index in [9.17, 15) is 14.7 Å². The monoisotopic (exact) mass is 346 g/mol. The number of para-hydroxylation sites is 1. The summed E-state index contributed by atoms with van der Waals surface area (Å²) in [5.74, 6) is -0.353. The molecule has 0 radical (unpaired) electrons. The summed E-state index contributed by atoms with van der Waals surface area (Å²) in [6, 6.07) is 7.39. The van der Waals surface area contributed by atoms with Crippen molar-refractivity contribution in [3.63, 3.8) is 0 Å². The number of carboxylic acids is 1. The zero-order chi connectivity index (χ0) is 18.2. The Morgan fingerprint density at radius 3 is 2.72 bits per heavy atom. The molecule has 0 spiro atoms.